The normalized spacial score (nSPS) is 12.7. The highest BCUT2D eigenvalue weighted by molar-refractivity contribution is 8.09. The molecule has 0 aromatic carbocycles. The zero-order chi connectivity index (χ0) is 6.08. The van der Waals surface area contributed by atoms with Crippen molar-refractivity contribution in [3.8, 4) is 0 Å². The Morgan fingerprint density at radius 2 is 1.57 bits per heavy atom. The standard InChI is InChI=1S/CH3F2O2PS/c2-1(3)6(4,5)7/h1H,(H2,4,5,7). The summed E-state index contributed by atoms with van der Waals surface area (Å²) in [6.45, 7) is -4.24. The van der Waals surface area contributed by atoms with E-state index in [-0.39, 0.29) is 0 Å². The van der Waals surface area contributed by atoms with Crippen LogP contribution in [0, 0.1) is 0 Å². The lowest BCUT2D eigenvalue weighted by Gasteiger charge is -2.01. The van der Waals surface area contributed by atoms with Crippen molar-refractivity contribution >= 4 is 18.3 Å². The highest BCUT2D eigenvalue weighted by atomic mass is 32.5. The van der Waals surface area contributed by atoms with E-state index in [9.17, 15) is 8.78 Å². The third-order valence-corrected chi connectivity index (χ3v) is 1.24. The summed E-state index contributed by atoms with van der Waals surface area (Å²) in [5.74, 6) is 0. The first-order valence-corrected chi connectivity index (χ1v) is 4.05. The Morgan fingerprint density at radius 1 is 1.43 bits per heavy atom. The summed E-state index contributed by atoms with van der Waals surface area (Å²) in [7, 11) is 0. The minimum atomic E-state index is -4.24. The van der Waals surface area contributed by atoms with Gasteiger partial charge in [0.1, 0.15) is 0 Å². The maximum absolute atomic E-state index is 11.0. The summed E-state index contributed by atoms with van der Waals surface area (Å²) in [5, 5.41) is 0. The molecule has 0 fully saturated rings. The first kappa shape index (κ1) is 7.43. The van der Waals surface area contributed by atoms with Gasteiger partial charge >= 0.3 is 6.17 Å². The summed E-state index contributed by atoms with van der Waals surface area (Å²) in [6, 6.07) is 0. The van der Waals surface area contributed by atoms with Crippen molar-refractivity contribution in [3.05, 3.63) is 0 Å². The van der Waals surface area contributed by atoms with Gasteiger partial charge in [0.2, 0.25) is 6.49 Å². The monoisotopic (exact) mass is 148 g/mol. The van der Waals surface area contributed by atoms with E-state index < -0.39 is 12.7 Å². The molecule has 0 unspecified atom stereocenters. The second-order valence-electron chi connectivity index (χ2n) is 0.867. The van der Waals surface area contributed by atoms with Crippen LogP contribution in [0.15, 0.2) is 0 Å². The second-order valence-corrected chi connectivity index (χ2v) is 4.05. The fraction of sp³-hybridized carbons (Fsp3) is 1.00. The molecular formula is CH3F2O2PS. The van der Waals surface area contributed by atoms with Gasteiger partial charge in [-0.2, -0.15) is 8.78 Å². The average Bonchev–Trinajstić information content (AvgIpc) is 1.31. The third-order valence-electron chi connectivity index (χ3n) is 0.254. The van der Waals surface area contributed by atoms with Gasteiger partial charge in [0, 0.05) is 0 Å². The number of hydrogen-bond acceptors (Lipinski definition) is 1. The first-order valence-electron chi connectivity index (χ1n) is 1.28. The van der Waals surface area contributed by atoms with Crippen LogP contribution in [0.2, 0.25) is 0 Å². The topological polar surface area (TPSA) is 40.5 Å². The number of hydrogen-bond donors (Lipinski definition) is 2. The summed E-state index contributed by atoms with van der Waals surface area (Å²) in [6.07, 6.45) is -3.16. The van der Waals surface area contributed by atoms with Crippen LogP contribution in [0.3, 0.4) is 0 Å². The van der Waals surface area contributed by atoms with Gasteiger partial charge in [-0.25, -0.2) is 0 Å². The molecule has 0 aliphatic carbocycles. The molecule has 7 heavy (non-hydrogen) atoms. The predicted molar refractivity (Wildman–Crippen MR) is 24.7 cm³/mol. The SMILES string of the molecule is OP(O)(=S)C(F)F. The van der Waals surface area contributed by atoms with Gasteiger partial charge in [-0.3, -0.25) is 0 Å². The molecule has 0 heterocycles. The lowest BCUT2D eigenvalue weighted by atomic mass is 11.7. The minimum absolute atomic E-state index is 3.16. The van der Waals surface area contributed by atoms with Crippen molar-refractivity contribution in [2.75, 3.05) is 0 Å². The number of rotatable bonds is 1. The molecule has 0 amide bonds. The zero-order valence-corrected chi connectivity index (χ0v) is 4.79. The van der Waals surface area contributed by atoms with Crippen molar-refractivity contribution in [3.63, 3.8) is 0 Å². The Morgan fingerprint density at radius 3 is 1.57 bits per heavy atom. The largest absolute Gasteiger partial charge is 0.341 e. The van der Waals surface area contributed by atoms with Gasteiger partial charge in [-0.1, -0.05) is 0 Å². The van der Waals surface area contributed by atoms with Gasteiger partial charge in [-0.05, 0) is 11.8 Å². The van der Waals surface area contributed by atoms with E-state index in [4.69, 9.17) is 9.79 Å². The van der Waals surface area contributed by atoms with Crippen LogP contribution in [0.25, 0.3) is 0 Å². The number of halogens is 2. The molecule has 44 valence electrons. The molecule has 2 N–H and O–H groups in total. The molecule has 0 radical (unpaired) electrons. The van der Waals surface area contributed by atoms with E-state index in [0.29, 0.717) is 0 Å². The quantitative estimate of drug-likeness (QED) is 0.532. The summed E-state index contributed by atoms with van der Waals surface area (Å²) in [5.41, 5.74) is 0. The molecule has 0 aromatic heterocycles. The van der Waals surface area contributed by atoms with Crippen molar-refractivity contribution in [2.45, 2.75) is 6.17 Å². The Labute approximate surface area is 44.0 Å². The van der Waals surface area contributed by atoms with Crippen molar-refractivity contribution in [2.24, 2.45) is 0 Å². The summed E-state index contributed by atoms with van der Waals surface area (Å²) >= 11 is 3.58. The maximum atomic E-state index is 11.0. The molecular weight excluding hydrogens is 145 g/mol. The molecule has 0 rings (SSSR count). The molecule has 0 aromatic rings. The second kappa shape index (κ2) is 2.13. The molecule has 6 heteroatoms. The lowest BCUT2D eigenvalue weighted by molar-refractivity contribution is 0.210. The molecule has 0 saturated carbocycles. The van der Waals surface area contributed by atoms with E-state index in [0.717, 1.165) is 0 Å². The Balaban J connectivity index is 3.80. The van der Waals surface area contributed by atoms with Crippen LogP contribution in [-0.4, -0.2) is 16.0 Å². The predicted octanol–water partition coefficient (Wildman–Crippen LogP) is 0.503. The van der Waals surface area contributed by atoms with Gasteiger partial charge in [0.05, 0.1) is 0 Å². The Bertz CT molecular complexity index is 97.9. The Kier molecular flexibility index (Phi) is 2.26. The summed E-state index contributed by atoms with van der Waals surface area (Å²) in [4.78, 5) is 15.7. The highest BCUT2D eigenvalue weighted by Gasteiger charge is 2.21. The molecule has 0 atom stereocenters. The first-order chi connectivity index (χ1) is 2.94. The average molecular weight is 148 g/mol. The zero-order valence-electron chi connectivity index (χ0n) is 3.08. The molecule has 0 saturated heterocycles. The molecule has 0 aliphatic rings. The van der Waals surface area contributed by atoms with Gasteiger partial charge in [-0.15, -0.1) is 0 Å². The molecule has 0 bridgehead atoms. The van der Waals surface area contributed by atoms with Gasteiger partial charge < -0.3 is 9.79 Å². The van der Waals surface area contributed by atoms with E-state index in [1.807, 2.05) is 0 Å². The van der Waals surface area contributed by atoms with E-state index in [1.165, 1.54) is 0 Å². The van der Waals surface area contributed by atoms with Crippen LogP contribution in [-0.2, 0) is 11.8 Å². The van der Waals surface area contributed by atoms with Crippen LogP contribution in [0.1, 0.15) is 0 Å². The molecule has 2 nitrogen and oxygen atoms in total. The summed E-state index contributed by atoms with van der Waals surface area (Å²) < 4.78 is 22.0. The van der Waals surface area contributed by atoms with E-state index in [1.54, 1.807) is 0 Å². The van der Waals surface area contributed by atoms with Crippen molar-refractivity contribution < 1.29 is 18.6 Å². The van der Waals surface area contributed by atoms with Crippen LogP contribution in [0.5, 0.6) is 0 Å². The molecule has 0 spiro atoms. The third kappa shape index (κ3) is 3.05. The highest BCUT2D eigenvalue weighted by Crippen LogP contribution is 2.42. The fourth-order valence-corrected chi connectivity index (χ4v) is 0. The van der Waals surface area contributed by atoms with Crippen LogP contribution in [0.4, 0.5) is 8.78 Å². The van der Waals surface area contributed by atoms with E-state index >= 15 is 0 Å². The maximum Gasteiger partial charge on any atom is 0.311 e. The Hall–Kier alpha value is 0.430. The van der Waals surface area contributed by atoms with E-state index in [2.05, 4.69) is 11.8 Å². The van der Waals surface area contributed by atoms with Crippen molar-refractivity contribution in [1.29, 1.82) is 0 Å². The number of alkyl halides is 2. The van der Waals surface area contributed by atoms with Crippen molar-refractivity contribution in [1.82, 2.24) is 0 Å². The van der Waals surface area contributed by atoms with Crippen LogP contribution < -0.4 is 0 Å². The fourth-order valence-electron chi connectivity index (χ4n) is 0. The lowest BCUT2D eigenvalue weighted by Crippen LogP contribution is -1.88. The minimum Gasteiger partial charge on any atom is -0.341 e. The smallest absolute Gasteiger partial charge is 0.311 e. The van der Waals surface area contributed by atoms with Gasteiger partial charge in [0.15, 0.2) is 0 Å². The van der Waals surface area contributed by atoms with Gasteiger partial charge in [0.25, 0.3) is 0 Å². The van der Waals surface area contributed by atoms with Crippen LogP contribution >= 0.6 is 6.49 Å². The molecule has 0 aliphatic heterocycles.